The number of carbonyl (C=O) groups is 3. The molecule has 0 bridgehead atoms. The Balaban J connectivity index is 2.20. The SMILES string of the molecule is C=CCN(CC=C)C(=O)CN1C(=O)N[C@@](C)(c2ccc(Br)cc2)C1=O. The van der Waals surface area contributed by atoms with Crippen LogP contribution in [0.25, 0.3) is 0 Å². The zero-order valence-electron chi connectivity index (χ0n) is 14.0. The van der Waals surface area contributed by atoms with E-state index in [0.29, 0.717) is 18.7 Å². The Hall–Kier alpha value is -2.41. The van der Waals surface area contributed by atoms with Gasteiger partial charge in [-0.1, -0.05) is 40.2 Å². The lowest BCUT2D eigenvalue weighted by Crippen LogP contribution is -2.44. The Morgan fingerprint density at radius 2 is 1.80 bits per heavy atom. The minimum Gasteiger partial charge on any atom is -0.334 e. The summed E-state index contributed by atoms with van der Waals surface area (Å²) >= 11 is 3.34. The number of nitrogens with one attached hydrogen (secondary N) is 1. The highest BCUT2D eigenvalue weighted by Crippen LogP contribution is 2.29. The van der Waals surface area contributed by atoms with Gasteiger partial charge in [-0.2, -0.15) is 0 Å². The van der Waals surface area contributed by atoms with Crippen LogP contribution in [0, 0.1) is 0 Å². The maximum absolute atomic E-state index is 12.8. The number of hydrogen-bond acceptors (Lipinski definition) is 3. The molecule has 6 nitrogen and oxygen atoms in total. The summed E-state index contributed by atoms with van der Waals surface area (Å²) in [4.78, 5) is 39.9. The smallest absolute Gasteiger partial charge is 0.325 e. The first-order chi connectivity index (χ1) is 11.8. The molecule has 1 atom stereocenters. The summed E-state index contributed by atoms with van der Waals surface area (Å²) in [5, 5.41) is 2.69. The van der Waals surface area contributed by atoms with Gasteiger partial charge in [0.2, 0.25) is 5.91 Å². The highest BCUT2D eigenvalue weighted by Gasteiger charge is 2.49. The van der Waals surface area contributed by atoms with Crippen molar-refractivity contribution in [2.45, 2.75) is 12.5 Å². The van der Waals surface area contributed by atoms with Crippen molar-refractivity contribution >= 4 is 33.8 Å². The van der Waals surface area contributed by atoms with Crippen LogP contribution in [0.15, 0.2) is 54.0 Å². The molecule has 0 unspecified atom stereocenters. The standard InChI is InChI=1S/C18H20BrN3O3/c1-4-10-21(11-5-2)15(23)12-22-16(24)18(3,20-17(22)25)13-6-8-14(19)9-7-13/h4-9H,1-2,10-12H2,3H3,(H,20,25)/t18-/m0/s1. The Bertz CT molecular complexity index is 707. The monoisotopic (exact) mass is 405 g/mol. The van der Waals surface area contributed by atoms with Gasteiger partial charge in [0.1, 0.15) is 12.1 Å². The van der Waals surface area contributed by atoms with E-state index >= 15 is 0 Å². The second-order valence-electron chi connectivity index (χ2n) is 5.83. The Morgan fingerprint density at radius 3 is 2.32 bits per heavy atom. The molecule has 1 N–H and O–H groups in total. The van der Waals surface area contributed by atoms with Gasteiger partial charge in [-0.3, -0.25) is 14.5 Å². The van der Waals surface area contributed by atoms with Crippen molar-refractivity contribution in [2.24, 2.45) is 0 Å². The van der Waals surface area contributed by atoms with Crippen molar-refractivity contribution in [3.8, 4) is 0 Å². The van der Waals surface area contributed by atoms with Crippen molar-refractivity contribution in [1.82, 2.24) is 15.1 Å². The van der Waals surface area contributed by atoms with E-state index in [-0.39, 0.29) is 12.5 Å². The van der Waals surface area contributed by atoms with Gasteiger partial charge in [-0.15, -0.1) is 13.2 Å². The molecule has 7 heteroatoms. The summed E-state index contributed by atoms with van der Waals surface area (Å²) in [5.41, 5.74) is -0.544. The molecule has 0 aliphatic carbocycles. The molecular formula is C18H20BrN3O3. The van der Waals surface area contributed by atoms with E-state index < -0.39 is 17.5 Å². The molecule has 0 radical (unpaired) electrons. The molecule has 1 aromatic carbocycles. The molecule has 1 fully saturated rings. The summed E-state index contributed by atoms with van der Waals surface area (Å²) in [6, 6.07) is 6.53. The van der Waals surface area contributed by atoms with Crippen LogP contribution in [0.3, 0.4) is 0 Å². The van der Waals surface area contributed by atoms with Crippen LogP contribution in [0.4, 0.5) is 4.79 Å². The first-order valence-corrected chi connectivity index (χ1v) is 8.52. The van der Waals surface area contributed by atoms with Crippen LogP contribution in [0.1, 0.15) is 12.5 Å². The number of benzene rings is 1. The highest BCUT2D eigenvalue weighted by atomic mass is 79.9. The molecule has 1 heterocycles. The van der Waals surface area contributed by atoms with Gasteiger partial charge in [0, 0.05) is 17.6 Å². The predicted octanol–water partition coefficient (Wildman–Crippen LogP) is 2.42. The predicted molar refractivity (Wildman–Crippen MR) is 98.7 cm³/mol. The number of urea groups is 1. The van der Waals surface area contributed by atoms with Crippen LogP contribution in [0.2, 0.25) is 0 Å². The summed E-state index contributed by atoms with van der Waals surface area (Å²) < 4.78 is 0.869. The molecule has 0 aromatic heterocycles. The summed E-state index contributed by atoms with van der Waals surface area (Å²) in [6.07, 6.45) is 3.17. The Morgan fingerprint density at radius 1 is 1.24 bits per heavy atom. The minimum atomic E-state index is -1.19. The zero-order valence-corrected chi connectivity index (χ0v) is 15.6. The minimum absolute atomic E-state index is 0.318. The van der Waals surface area contributed by atoms with Gasteiger partial charge in [0.25, 0.3) is 5.91 Å². The molecule has 1 aliphatic heterocycles. The number of imide groups is 1. The molecule has 0 saturated carbocycles. The van der Waals surface area contributed by atoms with Gasteiger partial charge in [0.15, 0.2) is 0 Å². The summed E-state index contributed by atoms with van der Waals surface area (Å²) in [6.45, 7) is 9.16. The highest BCUT2D eigenvalue weighted by molar-refractivity contribution is 9.10. The lowest BCUT2D eigenvalue weighted by molar-refractivity contribution is -0.138. The van der Waals surface area contributed by atoms with Crippen LogP contribution in [-0.2, 0) is 15.1 Å². The largest absolute Gasteiger partial charge is 0.334 e. The number of halogens is 1. The average molecular weight is 406 g/mol. The van der Waals surface area contributed by atoms with Crippen LogP contribution in [-0.4, -0.2) is 47.3 Å². The number of amides is 4. The van der Waals surface area contributed by atoms with E-state index in [1.165, 1.54) is 4.90 Å². The maximum Gasteiger partial charge on any atom is 0.325 e. The van der Waals surface area contributed by atoms with Crippen molar-refractivity contribution in [1.29, 1.82) is 0 Å². The van der Waals surface area contributed by atoms with Crippen molar-refractivity contribution in [2.75, 3.05) is 19.6 Å². The van der Waals surface area contributed by atoms with Gasteiger partial charge in [-0.25, -0.2) is 4.79 Å². The first kappa shape index (κ1) is 18.9. The van der Waals surface area contributed by atoms with Crippen LogP contribution < -0.4 is 5.32 Å². The summed E-state index contributed by atoms with van der Waals surface area (Å²) in [5.74, 6) is -0.798. The second-order valence-corrected chi connectivity index (χ2v) is 6.75. The number of hydrogen-bond donors (Lipinski definition) is 1. The van der Waals surface area contributed by atoms with E-state index in [1.807, 2.05) is 0 Å². The molecule has 1 saturated heterocycles. The van der Waals surface area contributed by atoms with Crippen molar-refractivity contribution in [3.63, 3.8) is 0 Å². The van der Waals surface area contributed by atoms with Gasteiger partial charge in [-0.05, 0) is 24.6 Å². The molecule has 0 spiro atoms. The number of nitrogens with zero attached hydrogens (tertiary/aromatic N) is 2. The molecule has 4 amide bonds. The van der Waals surface area contributed by atoms with E-state index in [1.54, 1.807) is 43.3 Å². The fraction of sp³-hybridized carbons (Fsp3) is 0.278. The Labute approximate surface area is 155 Å². The number of carbonyl (C=O) groups excluding carboxylic acids is 3. The van der Waals surface area contributed by atoms with E-state index in [2.05, 4.69) is 34.4 Å². The number of rotatable bonds is 7. The van der Waals surface area contributed by atoms with E-state index in [0.717, 1.165) is 9.37 Å². The van der Waals surface area contributed by atoms with Gasteiger partial charge in [0.05, 0.1) is 0 Å². The zero-order chi connectivity index (χ0) is 18.6. The molecule has 1 aromatic rings. The summed E-state index contributed by atoms with van der Waals surface area (Å²) in [7, 11) is 0. The first-order valence-electron chi connectivity index (χ1n) is 7.73. The molecular weight excluding hydrogens is 386 g/mol. The Kier molecular flexibility index (Phi) is 5.79. The third-order valence-corrected chi connectivity index (χ3v) is 4.57. The van der Waals surface area contributed by atoms with Crippen molar-refractivity contribution in [3.05, 3.63) is 59.6 Å². The molecule has 25 heavy (non-hydrogen) atoms. The fourth-order valence-corrected chi connectivity index (χ4v) is 2.91. The average Bonchev–Trinajstić information content (AvgIpc) is 2.79. The maximum atomic E-state index is 12.8. The molecule has 2 rings (SSSR count). The second kappa shape index (κ2) is 7.65. The topological polar surface area (TPSA) is 69.7 Å². The molecule has 1 aliphatic rings. The van der Waals surface area contributed by atoms with Crippen LogP contribution >= 0.6 is 15.9 Å². The third kappa shape index (κ3) is 3.82. The quantitative estimate of drug-likeness (QED) is 0.559. The van der Waals surface area contributed by atoms with Crippen molar-refractivity contribution < 1.29 is 14.4 Å². The van der Waals surface area contributed by atoms with Gasteiger partial charge < -0.3 is 10.2 Å². The third-order valence-electron chi connectivity index (χ3n) is 4.04. The fourth-order valence-electron chi connectivity index (χ4n) is 2.64. The van der Waals surface area contributed by atoms with Crippen LogP contribution in [0.5, 0.6) is 0 Å². The lowest BCUT2D eigenvalue weighted by atomic mass is 9.92. The lowest BCUT2D eigenvalue weighted by Gasteiger charge is -2.24. The van der Waals surface area contributed by atoms with E-state index in [9.17, 15) is 14.4 Å². The van der Waals surface area contributed by atoms with Gasteiger partial charge >= 0.3 is 6.03 Å². The normalized spacial score (nSPS) is 19.5. The molecule has 132 valence electrons. The van der Waals surface area contributed by atoms with E-state index in [4.69, 9.17) is 0 Å².